The molecule has 0 aliphatic carbocycles. The van der Waals surface area contributed by atoms with Gasteiger partial charge in [0.2, 0.25) is 5.91 Å². The summed E-state index contributed by atoms with van der Waals surface area (Å²) in [4.78, 5) is 13.0. The van der Waals surface area contributed by atoms with Crippen molar-refractivity contribution >= 4 is 5.91 Å². The summed E-state index contributed by atoms with van der Waals surface area (Å²) in [6, 6.07) is -0.861. The quantitative estimate of drug-likeness (QED) is 0.0261. The van der Waals surface area contributed by atoms with Gasteiger partial charge in [-0.2, -0.15) is 0 Å². The van der Waals surface area contributed by atoms with Gasteiger partial charge in [0.05, 0.1) is 25.4 Å². The number of amides is 1. The molecular weight excluding hydrogens is 887 g/mol. The van der Waals surface area contributed by atoms with Gasteiger partial charge in [0.1, 0.15) is 24.4 Å². The smallest absolute Gasteiger partial charge is 0.220 e. The van der Waals surface area contributed by atoms with Crippen LogP contribution in [0.2, 0.25) is 0 Å². The van der Waals surface area contributed by atoms with Crippen LogP contribution in [-0.4, -0.2) is 87.5 Å². The summed E-state index contributed by atoms with van der Waals surface area (Å²) in [6.07, 6.45) is 67.3. The lowest BCUT2D eigenvalue weighted by Gasteiger charge is -2.40. The van der Waals surface area contributed by atoms with Crippen LogP contribution in [0.3, 0.4) is 0 Å². The van der Waals surface area contributed by atoms with E-state index in [-0.39, 0.29) is 18.9 Å². The van der Waals surface area contributed by atoms with E-state index in [1.165, 1.54) is 122 Å². The second kappa shape index (κ2) is 50.4. The van der Waals surface area contributed by atoms with Crippen molar-refractivity contribution in [1.82, 2.24) is 5.32 Å². The molecule has 0 aromatic carbocycles. The number of aliphatic hydroxyl groups excluding tert-OH is 5. The molecule has 0 aromatic rings. The summed E-state index contributed by atoms with van der Waals surface area (Å²) in [5.41, 5.74) is 0. The Morgan fingerprint density at radius 3 is 1.35 bits per heavy atom. The molecule has 1 heterocycles. The van der Waals surface area contributed by atoms with Gasteiger partial charge in [-0.1, -0.05) is 239 Å². The predicted molar refractivity (Wildman–Crippen MR) is 299 cm³/mol. The van der Waals surface area contributed by atoms with Gasteiger partial charge >= 0.3 is 0 Å². The van der Waals surface area contributed by atoms with Crippen molar-refractivity contribution in [2.75, 3.05) is 13.2 Å². The molecule has 0 aromatic heterocycles. The molecule has 0 spiro atoms. The maximum atomic E-state index is 13.0. The van der Waals surface area contributed by atoms with Crippen LogP contribution >= 0.6 is 0 Å². The second-order valence-electron chi connectivity index (χ2n) is 19.3. The van der Waals surface area contributed by atoms with Gasteiger partial charge < -0.3 is 40.3 Å². The number of carbonyl (C=O) groups is 1. The first-order valence-electron chi connectivity index (χ1n) is 28.6. The topological polar surface area (TPSA) is 149 Å². The lowest BCUT2D eigenvalue weighted by molar-refractivity contribution is -0.302. The van der Waals surface area contributed by atoms with Crippen molar-refractivity contribution in [2.24, 2.45) is 0 Å². The summed E-state index contributed by atoms with van der Waals surface area (Å²) in [7, 11) is 0. The fourth-order valence-corrected chi connectivity index (χ4v) is 8.34. The summed E-state index contributed by atoms with van der Waals surface area (Å²) in [5, 5.41) is 54.4. The summed E-state index contributed by atoms with van der Waals surface area (Å²) >= 11 is 0. The zero-order valence-corrected chi connectivity index (χ0v) is 44.9. The maximum Gasteiger partial charge on any atom is 0.220 e. The third-order valence-corrected chi connectivity index (χ3v) is 12.8. The average molecular weight is 993 g/mol. The van der Waals surface area contributed by atoms with Gasteiger partial charge in [-0.15, -0.1) is 0 Å². The van der Waals surface area contributed by atoms with Crippen LogP contribution in [-0.2, 0) is 14.3 Å². The molecule has 7 atom stereocenters. The van der Waals surface area contributed by atoms with Crippen molar-refractivity contribution in [3.8, 4) is 0 Å². The number of rotatable bonds is 47. The number of ether oxygens (including phenoxy) is 2. The van der Waals surface area contributed by atoms with Gasteiger partial charge in [0.25, 0.3) is 0 Å². The molecule has 9 heteroatoms. The van der Waals surface area contributed by atoms with Crippen molar-refractivity contribution in [3.63, 3.8) is 0 Å². The monoisotopic (exact) mass is 992 g/mol. The van der Waals surface area contributed by atoms with Crippen molar-refractivity contribution in [2.45, 2.75) is 262 Å². The Hall–Kier alpha value is -3.15. The number of aliphatic hydroxyl groups is 5. The van der Waals surface area contributed by atoms with Gasteiger partial charge in [0, 0.05) is 6.42 Å². The predicted octanol–water partition coefficient (Wildman–Crippen LogP) is 14.2. The zero-order chi connectivity index (χ0) is 51.5. The fraction of sp³-hybridized carbons (Fsp3) is 0.694. The molecule has 71 heavy (non-hydrogen) atoms. The van der Waals surface area contributed by atoms with E-state index in [0.29, 0.717) is 6.42 Å². The van der Waals surface area contributed by atoms with Gasteiger partial charge in [0.15, 0.2) is 6.29 Å². The number of hydrogen-bond donors (Lipinski definition) is 6. The maximum absolute atomic E-state index is 13.0. The van der Waals surface area contributed by atoms with E-state index in [9.17, 15) is 30.3 Å². The van der Waals surface area contributed by atoms with E-state index in [2.05, 4.69) is 116 Å². The fourth-order valence-electron chi connectivity index (χ4n) is 8.34. The van der Waals surface area contributed by atoms with E-state index < -0.39 is 49.5 Å². The minimum atomic E-state index is -1.59. The molecule has 6 N–H and O–H groups in total. The largest absolute Gasteiger partial charge is 0.394 e. The Morgan fingerprint density at radius 2 is 0.887 bits per heavy atom. The number of carbonyl (C=O) groups excluding carboxylic acids is 1. The van der Waals surface area contributed by atoms with E-state index in [1.807, 2.05) is 6.08 Å². The molecule has 1 saturated heterocycles. The zero-order valence-electron chi connectivity index (χ0n) is 44.9. The van der Waals surface area contributed by atoms with Gasteiger partial charge in [-0.05, 0) is 83.5 Å². The summed E-state index contributed by atoms with van der Waals surface area (Å²) < 4.78 is 11.2. The molecule has 0 radical (unpaired) electrons. The van der Waals surface area contributed by atoms with Crippen LogP contribution in [0.1, 0.15) is 219 Å². The van der Waals surface area contributed by atoms with Gasteiger partial charge in [-0.3, -0.25) is 4.79 Å². The van der Waals surface area contributed by atoms with Crippen molar-refractivity contribution < 1.29 is 39.8 Å². The number of hydrogen-bond acceptors (Lipinski definition) is 8. The highest BCUT2D eigenvalue weighted by Gasteiger charge is 2.44. The SMILES string of the molecule is CC/C=C\C/C=C\C/C=C\C/C=C\C/C=C\C/C=C\C/C=C\CCCC(=O)NC(COC1OC(CO)C(O)C(O)C1O)C(O)/C=C/CC/C=C/CCCCCCCCCCCCCCCCCCCCC. The Morgan fingerprint density at radius 1 is 0.493 bits per heavy atom. The van der Waals surface area contributed by atoms with Crippen LogP contribution in [0.4, 0.5) is 0 Å². The van der Waals surface area contributed by atoms with Crippen LogP contribution in [0.15, 0.2) is 109 Å². The average Bonchev–Trinajstić information content (AvgIpc) is 3.37. The molecule has 1 fully saturated rings. The molecule has 0 bridgehead atoms. The van der Waals surface area contributed by atoms with Gasteiger partial charge in [-0.25, -0.2) is 0 Å². The highest BCUT2D eigenvalue weighted by molar-refractivity contribution is 5.76. The van der Waals surface area contributed by atoms with Crippen LogP contribution in [0.25, 0.3) is 0 Å². The Bertz CT molecular complexity index is 1480. The summed E-state index contributed by atoms with van der Waals surface area (Å²) in [6.45, 7) is 3.62. The summed E-state index contributed by atoms with van der Waals surface area (Å²) in [5.74, 6) is -0.247. The van der Waals surface area contributed by atoms with E-state index >= 15 is 0 Å². The molecular formula is C62H105NO8. The molecule has 1 amide bonds. The molecule has 1 rings (SSSR count). The highest BCUT2D eigenvalue weighted by Crippen LogP contribution is 2.23. The van der Waals surface area contributed by atoms with Crippen LogP contribution in [0.5, 0.6) is 0 Å². The molecule has 1 aliphatic heterocycles. The van der Waals surface area contributed by atoms with E-state index in [1.54, 1.807) is 6.08 Å². The first-order chi connectivity index (χ1) is 34.8. The number of nitrogens with one attached hydrogen (secondary N) is 1. The minimum absolute atomic E-state index is 0.231. The Balaban J connectivity index is 2.32. The van der Waals surface area contributed by atoms with E-state index in [4.69, 9.17) is 9.47 Å². The van der Waals surface area contributed by atoms with Crippen molar-refractivity contribution in [3.05, 3.63) is 109 Å². The van der Waals surface area contributed by atoms with Crippen molar-refractivity contribution in [1.29, 1.82) is 0 Å². The third kappa shape index (κ3) is 40.0. The lowest BCUT2D eigenvalue weighted by Crippen LogP contribution is -2.60. The second-order valence-corrected chi connectivity index (χ2v) is 19.3. The molecule has 406 valence electrons. The van der Waals surface area contributed by atoms with Crippen LogP contribution in [0, 0.1) is 0 Å². The molecule has 1 aliphatic rings. The van der Waals surface area contributed by atoms with E-state index in [0.717, 1.165) is 70.6 Å². The minimum Gasteiger partial charge on any atom is -0.394 e. The Labute approximate surface area is 434 Å². The highest BCUT2D eigenvalue weighted by atomic mass is 16.7. The Kier molecular flexibility index (Phi) is 46.7. The third-order valence-electron chi connectivity index (χ3n) is 12.8. The lowest BCUT2D eigenvalue weighted by atomic mass is 9.99. The number of allylic oxidation sites excluding steroid dienone is 17. The van der Waals surface area contributed by atoms with Crippen LogP contribution < -0.4 is 5.32 Å². The number of unbranched alkanes of at least 4 members (excludes halogenated alkanes) is 21. The molecule has 0 saturated carbocycles. The standard InChI is InChI=1S/C62H105NO8/c1-3-5-7-9-11-13-15-17-19-21-23-25-27-28-30-31-33-35-37-39-41-43-45-47-49-51-56(65)55(54-70-62-61(69)60(68)59(67)57(53-64)71-62)63-58(66)52-50-48-46-44-42-40-38-36-34-32-29-26-24-22-20-18-16-14-12-10-8-6-4-2/h6,8,12,14,18,20,24,26,32,34,38,40-41,43-44,46,49,51,55-57,59-62,64-65,67-69H,3-5,7,9-11,13,15-17,19,21-23,25,27-31,33,35-37,39,42,45,47-48,50,52-54H2,1-2H3,(H,63,66)/b8-6-,14-12-,20-18-,26-24-,34-32-,40-38-,43-41+,46-44-,51-49+. The normalized spacial score (nSPS) is 20.1. The first-order valence-corrected chi connectivity index (χ1v) is 28.6. The first kappa shape index (κ1) is 65.9. The molecule has 7 unspecified atom stereocenters. The molecule has 9 nitrogen and oxygen atoms in total.